The minimum absolute atomic E-state index is 0.0454. The van der Waals surface area contributed by atoms with Gasteiger partial charge in [-0.2, -0.15) is 0 Å². The fourth-order valence-electron chi connectivity index (χ4n) is 9.09. The Kier molecular flexibility index (Phi) is 45.0. The third-order valence-corrected chi connectivity index (χ3v) is 13.6. The van der Waals surface area contributed by atoms with Gasteiger partial charge in [-0.15, -0.1) is 0 Å². The lowest BCUT2D eigenvalue weighted by Crippen LogP contribution is -2.27. The van der Waals surface area contributed by atoms with Gasteiger partial charge in [-0.1, -0.05) is 156 Å². The summed E-state index contributed by atoms with van der Waals surface area (Å²) < 4.78 is 33.7. The third-order valence-electron chi connectivity index (χ3n) is 13.6. The van der Waals surface area contributed by atoms with E-state index in [1.807, 2.05) is 0 Å². The van der Waals surface area contributed by atoms with Crippen molar-refractivity contribution in [2.75, 3.05) is 46.1 Å². The summed E-state index contributed by atoms with van der Waals surface area (Å²) in [6.07, 6.45) is 37.5. The van der Waals surface area contributed by atoms with E-state index in [4.69, 9.17) is 28.4 Å². The highest BCUT2D eigenvalue weighted by Crippen LogP contribution is 2.20. The Morgan fingerprint density at radius 3 is 1.07 bits per heavy atom. The molecule has 70 heavy (non-hydrogen) atoms. The molecule has 0 saturated carbocycles. The summed E-state index contributed by atoms with van der Waals surface area (Å²) in [7, 11) is 0. The van der Waals surface area contributed by atoms with Gasteiger partial charge in [0.25, 0.3) is 0 Å². The van der Waals surface area contributed by atoms with E-state index < -0.39 is 24.0 Å². The molecule has 0 N–H and O–H groups in total. The van der Waals surface area contributed by atoms with Gasteiger partial charge in [-0.3, -0.25) is 19.2 Å². The topological polar surface area (TPSA) is 144 Å². The van der Waals surface area contributed by atoms with Crippen molar-refractivity contribution in [1.82, 2.24) is 4.90 Å². The molecular weight excluding hydrogens is 887 g/mol. The molecule has 1 heterocycles. The quantitative estimate of drug-likeness (QED) is 0.0325. The largest absolute Gasteiger partial charge is 0.508 e. The number of likely N-dealkylation sites (tertiary alicyclic amines) is 1. The number of nitrogens with zero attached hydrogens (tertiary/aromatic N) is 1. The van der Waals surface area contributed by atoms with E-state index in [-0.39, 0.29) is 76.3 Å². The highest BCUT2D eigenvalue weighted by atomic mass is 16.7. The minimum atomic E-state index is -0.815. The average Bonchev–Trinajstić information content (AvgIpc) is 3.88. The van der Waals surface area contributed by atoms with Crippen LogP contribution in [-0.2, 0) is 47.6 Å². The Labute approximate surface area is 428 Å². The number of hydrogen-bond acceptors (Lipinski definition) is 12. The third kappa shape index (κ3) is 41.7. The second kappa shape index (κ2) is 48.4. The molecule has 410 valence electrons. The first-order valence-corrected chi connectivity index (χ1v) is 29.4. The number of esters is 4. The Bertz CT molecular complexity index is 1150. The molecule has 1 saturated heterocycles. The number of carbonyl (C=O) groups excluding carboxylic acids is 5. The smallest absolute Gasteiger partial charge is 0.465 e. The number of rotatable bonds is 50. The molecule has 1 aliphatic rings. The standard InChI is InChI=1S/C58H107NO11/c1-5-9-13-17-21-25-36-52(37-26-22-18-14-10-6-2)69-56(62)42-31-29-40-54(60)66-48-51(50-68-58(64)65-47-35-46-59-44-33-34-45-59)49-67-55(61)41-30-32-43-57(63)70-53(38-27-23-19-15-11-7-3)39-28-24-20-16-12-8-4/h51-53H,5-50H2,1-4H3. The maximum atomic E-state index is 12.9. The summed E-state index contributed by atoms with van der Waals surface area (Å²) in [5.41, 5.74) is 0. The second-order valence-corrected chi connectivity index (χ2v) is 20.4. The van der Waals surface area contributed by atoms with Crippen molar-refractivity contribution in [3.8, 4) is 0 Å². The molecule has 12 heteroatoms. The summed E-state index contributed by atoms with van der Waals surface area (Å²) >= 11 is 0. The SMILES string of the molecule is CCCCCCCCC(CCCCCCCC)OC(=O)CCCCC(=O)OCC(COC(=O)CCCCC(=O)OC(CCCCCCCC)CCCCCCCC)COC(=O)OCCCN1CCCC1. The highest BCUT2D eigenvalue weighted by molar-refractivity contribution is 5.71. The first kappa shape index (κ1) is 65.1. The molecule has 0 aliphatic carbocycles. The van der Waals surface area contributed by atoms with Gasteiger partial charge in [0, 0.05) is 32.2 Å². The van der Waals surface area contributed by atoms with Crippen LogP contribution in [0.15, 0.2) is 0 Å². The fraction of sp³-hybridized carbons (Fsp3) is 0.914. The van der Waals surface area contributed by atoms with Crippen molar-refractivity contribution in [2.45, 2.75) is 290 Å². The zero-order valence-electron chi connectivity index (χ0n) is 45.7. The van der Waals surface area contributed by atoms with Crippen LogP contribution in [0.25, 0.3) is 0 Å². The Morgan fingerprint density at radius 1 is 0.371 bits per heavy atom. The van der Waals surface area contributed by atoms with Crippen molar-refractivity contribution in [3.05, 3.63) is 0 Å². The lowest BCUT2D eigenvalue weighted by atomic mass is 10.0. The average molecular weight is 994 g/mol. The van der Waals surface area contributed by atoms with Gasteiger partial charge < -0.3 is 33.3 Å². The Hall–Kier alpha value is -2.89. The number of ether oxygens (including phenoxy) is 6. The molecule has 0 aromatic heterocycles. The maximum absolute atomic E-state index is 12.9. The normalized spacial score (nSPS) is 12.8. The van der Waals surface area contributed by atoms with Crippen molar-refractivity contribution < 1.29 is 52.4 Å². The van der Waals surface area contributed by atoms with E-state index >= 15 is 0 Å². The van der Waals surface area contributed by atoms with E-state index in [1.165, 1.54) is 141 Å². The first-order chi connectivity index (χ1) is 34.2. The van der Waals surface area contributed by atoms with E-state index in [2.05, 4.69) is 32.6 Å². The van der Waals surface area contributed by atoms with Crippen LogP contribution in [0.4, 0.5) is 4.79 Å². The highest BCUT2D eigenvalue weighted by Gasteiger charge is 2.21. The molecule has 0 amide bonds. The number of unbranched alkanes of at least 4 members (excludes halogenated alkanes) is 22. The van der Waals surface area contributed by atoms with Gasteiger partial charge in [0.2, 0.25) is 0 Å². The maximum Gasteiger partial charge on any atom is 0.508 e. The number of carbonyl (C=O) groups is 5. The molecule has 0 spiro atoms. The van der Waals surface area contributed by atoms with Crippen LogP contribution in [0.5, 0.6) is 0 Å². The molecule has 0 atom stereocenters. The van der Waals surface area contributed by atoms with Crippen LogP contribution < -0.4 is 0 Å². The van der Waals surface area contributed by atoms with Crippen molar-refractivity contribution in [1.29, 1.82) is 0 Å². The summed E-state index contributed by atoms with van der Waals surface area (Å²) in [5.74, 6) is -1.88. The molecule has 0 bridgehead atoms. The molecular formula is C58H107NO11. The summed E-state index contributed by atoms with van der Waals surface area (Å²) in [4.78, 5) is 66.2. The summed E-state index contributed by atoms with van der Waals surface area (Å²) in [5, 5.41) is 0. The van der Waals surface area contributed by atoms with E-state index in [9.17, 15) is 24.0 Å². The zero-order chi connectivity index (χ0) is 51.0. The molecule has 0 aromatic rings. The monoisotopic (exact) mass is 994 g/mol. The van der Waals surface area contributed by atoms with Crippen molar-refractivity contribution in [3.63, 3.8) is 0 Å². The Balaban J connectivity index is 2.58. The van der Waals surface area contributed by atoms with Crippen LogP contribution >= 0.6 is 0 Å². The van der Waals surface area contributed by atoms with E-state index in [0.29, 0.717) is 32.1 Å². The van der Waals surface area contributed by atoms with Gasteiger partial charge in [0.05, 0.1) is 12.5 Å². The first-order valence-electron chi connectivity index (χ1n) is 29.4. The predicted octanol–water partition coefficient (Wildman–Crippen LogP) is 15.3. The molecule has 0 aromatic carbocycles. The van der Waals surface area contributed by atoms with Crippen LogP contribution in [0, 0.1) is 5.92 Å². The number of hydrogen-bond donors (Lipinski definition) is 0. The molecule has 12 nitrogen and oxygen atoms in total. The molecule has 1 rings (SSSR count). The summed E-state index contributed by atoms with van der Waals surface area (Å²) in [6, 6.07) is 0. The van der Waals surface area contributed by atoms with Gasteiger partial charge in [0.15, 0.2) is 0 Å². The van der Waals surface area contributed by atoms with Gasteiger partial charge in [0.1, 0.15) is 32.0 Å². The molecule has 1 aliphatic heterocycles. The van der Waals surface area contributed by atoms with Gasteiger partial charge in [-0.25, -0.2) is 4.79 Å². The molecule has 0 unspecified atom stereocenters. The zero-order valence-corrected chi connectivity index (χ0v) is 45.7. The van der Waals surface area contributed by atoms with Crippen molar-refractivity contribution >= 4 is 30.0 Å². The van der Waals surface area contributed by atoms with Crippen molar-refractivity contribution in [2.24, 2.45) is 5.92 Å². The lowest BCUT2D eigenvalue weighted by molar-refractivity contribution is -0.152. The fourth-order valence-corrected chi connectivity index (χ4v) is 9.09. The molecule has 0 radical (unpaired) electrons. The second-order valence-electron chi connectivity index (χ2n) is 20.4. The van der Waals surface area contributed by atoms with Crippen LogP contribution in [0.2, 0.25) is 0 Å². The van der Waals surface area contributed by atoms with Crippen LogP contribution in [-0.4, -0.2) is 93.2 Å². The Morgan fingerprint density at radius 2 is 0.700 bits per heavy atom. The lowest BCUT2D eigenvalue weighted by Gasteiger charge is -2.19. The van der Waals surface area contributed by atoms with E-state index in [0.717, 1.165) is 71.0 Å². The van der Waals surface area contributed by atoms with Gasteiger partial charge >= 0.3 is 30.0 Å². The minimum Gasteiger partial charge on any atom is -0.465 e. The van der Waals surface area contributed by atoms with Crippen LogP contribution in [0.3, 0.4) is 0 Å². The van der Waals surface area contributed by atoms with Gasteiger partial charge in [-0.05, 0) is 109 Å². The molecule has 1 fully saturated rings. The summed E-state index contributed by atoms with van der Waals surface area (Å²) in [6.45, 7) is 11.8. The van der Waals surface area contributed by atoms with E-state index in [1.54, 1.807) is 0 Å². The van der Waals surface area contributed by atoms with Crippen LogP contribution in [0.1, 0.15) is 278 Å². The predicted molar refractivity (Wildman–Crippen MR) is 282 cm³/mol.